The SMILES string of the molecule is C/C=C/C.OB(O)c1cccc(N(c2ccccc2)c2cccc3ccccc23)c1. The van der Waals surface area contributed by atoms with Gasteiger partial charge >= 0.3 is 7.12 Å². The molecule has 0 heterocycles. The number of anilines is 3. The highest BCUT2D eigenvalue weighted by molar-refractivity contribution is 6.58. The Morgan fingerprint density at radius 3 is 1.97 bits per heavy atom. The van der Waals surface area contributed by atoms with Crippen molar-refractivity contribution >= 4 is 40.4 Å². The number of hydrogen-bond acceptors (Lipinski definition) is 3. The van der Waals surface area contributed by atoms with E-state index >= 15 is 0 Å². The first-order valence-corrected chi connectivity index (χ1v) is 10.0. The normalized spacial score (nSPS) is 10.5. The van der Waals surface area contributed by atoms with Crippen molar-refractivity contribution in [1.29, 1.82) is 0 Å². The van der Waals surface area contributed by atoms with Gasteiger partial charge in [-0.15, -0.1) is 0 Å². The van der Waals surface area contributed by atoms with Crippen LogP contribution < -0.4 is 10.4 Å². The molecule has 150 valence electrons. The van der Waals surface area contributed by atoms with E-state index in [0.29, 0.717) is 5.46 Å². The van der Waals surface area contributed by atoms with Gasteiger partial charge in [0.2, 0.25) is 0 Å². The number of fused-ring (bicyclic) bond motifs is 1. The molecular formula is C26H26BNO2. The van der Waals surface area contributed by atoms with Gasteiger partial charge in [-0.1, -0.05) is 78.9 Å². The summed E-state index contributed by atoms with van der Waals surface area (Å²) in [6.45, 7) is 4.00. The second kappa shape index (κ2) is 10.4. The van der Waals surface area contributed by atoms with Gasteiger partial charge in [-0.05, 0) is 55.0 Å². The monoisotopic (exact) mass is 395 g/mol. The van der Waals surface area contributed by atoms with Crippen LogP contribution >= 0.6 is 0 Å². The Balaban J connectivity index is 0.000000589. The van der Waals surface area contributed by atoms with Crippen LogP contribution in [0.15, 0.2) is 109 Å². The van der Waals surface area contributed by atoms with E-state index in [2.05, 4.69) is 29.2 Å². The third kappa shape index (κ3) is 4.98. The molecule has 0 radical (unpaired) electrons. The average molecular weight is 395 g/mol. The Bertz CT molecular complexity index is 1100. The molecule has 30 heavy (non-hydrogen) atoms. The summed E-state index contributed by atoms with van der Waals surface area (Å²) in [7, 11) is -1.50. The van der Waals surface area contributed by atoms with Crippen LogP contribution in [0.3, 0.4) is 0 Å². The van der Waals surface area contributed by atoms with Crippen LogP contribution in [0, 0.1) is 0 Å². The largest absolute Gasteiger partial charge is 0.488 e. The minimum atomic E-state index is -1.50. The second-order valence-electron chi connectivity index (χ2n) is 6.80. The summed E-state index contributed by atoms with van der Waals surface area (Å²) in [6, 6.07) is 31.9. The fourth-order valence-corrected chi connectivity index (χ4v) is 3.23. The molecule has 4 heteroatoms. The first kappa shape index (κ1) is 21.4. The van der Waals surface area contributed by atoms with Gasteiger partial charge in [-0.3, -0.25) is 0 Å². The zero-order valence-electron chi connectivity index (χ0n) is 17.3. The molecule has 0 aliphatic rings. The maximum absolute atomic E-state index is 9.58. The van der Waals surface area contributed by atoms with Gasteiger partial charge in [0, 0.05) is 16.8 Å². The van der Waals surface area contributed by atoms with Crippen LogP contribution in [0.2, 0.25) is 0 Å². The first-order valence-electron chi connectivity index (χ1n) is 10.0. The zero-order chi connectivity index (χ0) is 21.3. The molecule has 0 atom stereocenters. The molecule has 0 unspecified atom stereocenters. The standard InChI is InChI=1S/C22H18BNO2.C4H8/c25-23(26)18-10-7-13-20(16-18)24(19-11-2-1-3-12-19)22-15-6-9-17-8-4-5-14-21(17)22;1-3-4-2/h1-16,25-26H;3-4H,1-2H3/b;4-3+. The number of para-hydroxylation sites is 1. The average Bonchev–Trinajstić information content (AvgIpc) is 2.80. The minimum absolute atomic E-state index is 0.462. The fourth-order valence-electron chi connectivity index (χ4n) is 3.23. The quantitative estimate of drug-likeness (QED) is 0.351. The fraction of sp³-hybridized carbons (Fsp3) is 0.0769. The summed E-state index contributed by atoms with van der Waals surface area (Å²) in [4.78, 5) is 2.13. The Labute approximate surface area is 178 Å². The molecule has 0 aliphatic heterocycles. The molecule has 4 aromatic rings. The molecule has 0 saturated carbocycles. The van der Waals surface area contributed by atoms with Gasteiger partial charge in [0.25, 0.3) is 0 Å². The molecule has 0 fully saturated rings. The third-order valence-corrected chi connectivity index (χ3v) is 4.78. The maximum Gasteiger partial charge on any atom is 0.488 e. The van der Waals surface area contributed by atoms with Gasteiger partial charge in [0.1, 0.15) is 0 Å². The van der Waals surface area contributed by atoms with Gasteiger partial charge in [0.15, 0.2) is 0 Å². The van der Waals surface area contributed by atoms with Crippen LogP contribution in [-0.4, -0.2) is 17.2 Å². The summed E-state index contributed by atoms with van der Waals surface area (Å²) < 4.78 is 0. The Hall–Kier alpha value is -3.34. The highest BCUT2D eigenvalue weighted by atomic mass is 16.4. The molecule has 2 N–H and O–H groups in total. The van der Waals surface area contributed by atoms with Gasteiger partial charge in [0.05, 0.1) is 5.69 Å². The van der Waals surface area contributed by atoms with E-state index in [1.165, 1.54) is 0 Å². The Morgan fingerprint density at radius 2 is 1.27 bits per heavy atom. The Kier molecular flexibility index (Phi) is 7.44. The molecule has 0 saturated heterocycles. The third-order valence-electron chi connectivity index (χ3n) is 4.78. The number of rotatable bonds is 4. The summed E-state index contributed by atoms with van der Waals surface area (Å²) >= 11 is 0. The van der Waals surface area contributed by atoms with Crippen LogP contribution in [0.4, 0.5) is 17.1 Å². The van der Waals surface area contributed by atoms with E-state index in [1.54, 1.807) is 12.1 Å². The molecule has 4 aromatic carbocycles. The van der Waals surface area contributed by atoms with Crippen molar-refractivity contribution in [2.45, 2.75) is 13.8 Å². The zero-order valence-corrected chi connectivity index (χ0v) is 17.3. The lowest BCUT2D eigenvalue weighted by Gasteiger charge is -2.27. The van der Waals surface area contributed by atoms with Crippen molar-refractivity contribution in [2.75, 3.05) is 4.90 Å². The topological polar surface area (TPSA) is 43.7 Å². The summed E-state index contributed by atoms with van der Waals surface area (Å²) in [5.41, 5.74) is 3.38. The van der Waals surface area contributed by atoms with Crippen LogP contribution in [0.1, 0.15) is 13.8 Å². The molecule has 0 amide bonds. The predicted molar refractivity (Wildman–Crippen MR) is 129 cm³/mol. The van der Waals surface area contributed by atoms with Crippen molar-refractivity contribution in [3.63, 3.8) is 0 Å². The van der Waals surface area contributed by atoms with Gasteiger partial charge < -0.3 is 14.9 Å². The van der Waals surface area contributed by atoms with E-state index < -0.39 is 7.12 Å². The lowest BCUT2D eigenvalue weighted by Crippen LogP contribution is -2.30. The van der Waals surface area contributed by atoms with E-state index in [4.69, 9.17) is 0 Å². The lowest BCUT2D eigenvalue weighted by molar-refractivity contribution is 0.426. The van der Waals surface area contributed by atoms with E-state index in [-0.39, 0.29) is 0 Å². The number of allylic oxidation sites excluding steroid dienone is 2. The van der Waals surface area contributed by atoms with Crippen molar-refractivity contribution in [1.82, 2.24) is 0 Å². The molecule has 3 nitrogen and oxygen atoms in total. The minimum Gasteiger partial charge on any atom is -0.423 e. The molecule has 0 aliphatic carbocycles. The second-order valence-corrected chi connectivity index (χ2v) is 6.80. The number of hydrogen-bond donors (Lipinski definition) is 2. The molecule has 4 rings (SSSR count). The van der Waals surface area contributed by atoms with Crippen LogP contribution in [-0.2, 0) is 0 Å². The highest BCUT2D eigenvalue weighted by Crippen LogP contribution is 2.38. The van der Waals surface area contributed by atoms with Gasteiger partial charge in [-0.25, -0.2) is 0 Å². The smallest absolute Gasteiger partial charge is 0.423 e. The first-order chi connectivity index (χ1) is 14.7. The van der Waals surface area contributed by atoms with Crippen molar-refractivity contribution in [3.8, 4) is 0 Å². The summed E-state index contributed by atoms with van der Waals surface area (Å²) in [5.74, 6) is 0. The van der Waals surface area contributed by atoms with E-state index in [9.17, 15) is 10.0 Å². The van der Waals surface area contributed by atoms with Crippen molar-refractivity contribution in [2.24, 2.45) is 0 Å². The van der Waals surface area contributed by atoms with E-state index in [1.807, 2.05) is 86.7 Å². The highest BCUT2D eigenvalue weighted by Gasteiger charge is 2.17. The van der Waals surface area contributed by atoms with Crippen LogP contribution in [0.5, 0.6) is 0 Å². The Morgan fingerprint density at radius 1 is 0.667 bits per heavy atom. The van der Waals surface area contributed by atoms with Gasteiger partial charge in [-0.2, -0.15) is 0 Å². The summed E-state index contributed by atoms with van der Waals surface area (Å²) in [6.07, 6.45) is 4.00. The molecule has 0 aromatic heterocycles. The molecular weight excluding hydrogens is 369 g/mol. The number of nitrogens with zero attached hydrogens (tertiary/aromatic N) is 1. The number of benzene rings is 4. The van der Waals surface area contributed by atoms with Crippen LogP contribution in [0.25, 0.3) is 10.8 Å². The molecule has 0 spiro atoms. The van der Waals surface area contributed by atoms with Crippen molar-refractivity contribution < 1.29 is 10.0 Å². The maximum atomic E-state index is 9.58. The lowest BCUT2D eigenvalue weighted by atomic mass is 9.80. The van der Waals surface area contributed by atoms with E-state index in [0.717, 1.165) is 27.8 Å². The summed E-state index contributed by atoms with van der Waals surface area (Å²) in [5, 5.41) is 21.4. The predicted octanol–water partition coefficient (Wildman–Crippen LogP) is 5.57. The molecule has 0 bridgehead atoms. The van der Waals surface area contributed by atoms with Crippen molar-refractivity contribution in [3.05, 3.63) is 109 Å².